The van der Waals surface area contributed by atoms with Gasteiger partial charge in [0.25, 0.3) is 0 Å². The number of urea groups is 1. The van der Waals surface area contributed by atoms with Crippen molar-refractivity contribution in [1.82, 2.24) is 14.8 Å². The molecule has 8 heteroatoms. The number of fused-ring (bicyclic) bond motifs is 4. The van der Waals surface area contributed by atoms with Crippen LogP contribution in [0, 0.1) is 11.7 Å². The molecule has 3 heterocycles. The van der Waals surface area contributed by atoms with Crippen molar-refractivity contribution in [3.05, 3.63) is 59.5 Å². The molecule has 1 aromatic heterocycles. The largest absolute Gasteiger partial charge is 0.497 e. The Labute approximate surface area is 210 Å². The first-order chi connectivity index (χ1) is 17.5. The van der Waals surface area contributed by atoms with Crippen molar-refractivity contribution in [2.45, 2.75) is 37.1 Å². The number of carbonyl (C=O) groups is 1. The van der Waals surface area contributed by atoms with E-state index < -0.39 is 0 Å². The zero-order valence-corrected chi connectivity index (χ0v) is 20.6. The predicted molar refractivity (Wildman–Crippen MR) is 137 cm³/mol. The van der Waals surface area contributed by atoms with Gasteiger partial charge in [0, 0.05) is 59.9 Å². The average molecular weight is 493 g/mol. The molecule has 6 rings (SSSR count). The molecule has 1 atom stereocenters. The number of amides is 2. The van der Waals surface area contributed by atoms with Gasteiger partial charge >= 0.3 is 6.03 Å². The molecular formula is C28H33FN4O3. The van der Waals surface area contributed by atoms with Gasteiger partial charge in [-0.1, -0.05) is 6.07 Å². The van der Waals surface area contributed by atoms with Gasteiger partial charge in [0.2, 0.25) is 0 Å². The summed E-state index contributed by atoms with van der Waals surface area (Å²) in [4.78, 5) is 20.9. The zero-order valence-electron chi connectivity index (χ0n) is 20.6. The number of hydrogen-bond acceptors (Lipinski definition) is 4. The van der Waals surface area contributed by atoms with Crippen LogP contribution in [0.4, 0.5) is 14.9 Å². The molecule has 1 saturated carbocycles. The van der Waals surface area contributed by atoms with Gasteiger partial charge in [-0.25, -0.2) is 9.18 Å². The Kier molecular flexibility index (Phi) is 5.88. The van der Waals surface area contributed by atoms with Crippen molar-refractivity contribution in [2.24, 2.45) is 5.92 Å². The average Bonchev–Trinajstić information content (AvgIpc) is 3.61. The molecule has 190 valence electrons. The molecule has 3 N–H and O–H groups in total. The van der Waals surface area contributed by atoms with Crippen molar-refractivity contribution in [3.8, 4) is 5.75 Å². The Balaban J connectivity index is 1.31. The van der Waals surface area contributed by atoms with E-state index in [1.165, 1.54) is 35.9 Å². The third-order valence-corrected chi connectivity index (χ3v) is 8.29. The normalized spacial score (nSPS) is 21.5. The number of aromatic amines is 1. The second-order valence-corrected chi connectivity index (χ2v) is 10.6. The third-order valence-electron chi connectivity index (χ3n) is 8.29. The number of nitrogens with zero attached hydrogens (tertiary/aromatic N) is 2. The number of benzene rings is 2. The monoisotopic (exact) mass is 492 g/mol. The Hall–Kier alpha value is -3.10. The van der Waals surface area contributed by atoms with Crippen LogP contribution in [-0.4, -0.2) is 65.8 Å². The number of likely N-dealkylation sites (tertiary alicyclic amines) is 1. The lowest BCUT2D eigenvalue weighted by molar-refractivity contribution is 0.0517. The highest BCUT2D eigenvalue weighted by Crippen LogP contribution is 2.50. The molecule has 1 aliphatic carbocycles. The first-order valence-electron chi connectivity index (χ1n) is 12.9. The number of methoxy groups -OCH3 is 1. The standard InChI is InChI=1S/C28H33FN4O3/c1-36-21-7-8-22-23(14-21)31-26-24(16-34)33(15-18-5-6-18)17-28(25(22)26)9-11-32(12-10-28)27(35)30-20-4-2-3-19(29)13-20/h2-4,7-8,13-14,18,24,31,34H,5-6,9-12,15-17H2,1H3,(H,30,35)/t24-/m1/s1. The van der Waals surface area contributed by atoms with E-state index in [-0.39, 0.29) is 29.9 Å². The molecule has 3 aliphatic rings. The van der Waals surface area contributed by atoms with E-state index in [1.807, 2.05) is 17.0 Å². The maximum Gasteiger partial charge on any atom is 0.321 e. The number of aliphatic hydroxyl groups excluding tert-OH is 1. The number of hydrogen-bond donors (Lipinski definition) is 3. The topological polar surface area (TPSA) is 80.8 Å². The number of halogens is 1. The predicted octanol–water partition coefficient (Wildman–Crippen LogP) is 4.64. The summed E-state index contributed by atoms with van der Waals surface area (Å²) in [5.74, 6) is 1.14. The number of nitrogens with one attached hydrogen (secondary N) is 2. The number of aromatic nitrogens is 1. The fourth-order valence-corrected chi connectivity index (χ4v) is 6.25. The summed E-state index contributed by atoms with van der Waals surface area (Å²) in [6.07, 6.45) is 4.17. The maximum absolute atomic E-state index is 13.6. The van der Waals surface area contributed by atoms with Crippen LogP contribution in [0.25, 0.3) is 10.9 Å². The van der Waals surface area contributed by atoms with Crippen molar-refractivity contribution in [3.63, 3.8) is 0 Å². The lowest BCUT2D eigenvalue weighted by Gasteiger charge is -2.50. The third kappa shape index (κ3) is 4.12. The summed E-state index contributed by atoms with van der Waals surface area (Å²) < 4.78 is 19.0. The number of piperidine rings is 1. The molecule has 2 aromatic carbocycles. The van der Waals surface area contributed by atoms with E-state index in [9.17, 15) is 14.3 Å². The number of aliphatic hydroxyl groups is 1. The molecule has 1 saturated heterocycles. The van der Waals surface area contributed by atoms with E-state index in [2.05, 4.69) is 21.3 Å². The molecule has 0 unspecified atom stereocenters. The van der Waals surface area contributed by atoms with Crippen LogP contribution < -0.4 is 10.1 Å². The van der Waals surface area contributed by atoms with Crippen LogP contribution in [0.3, 0.4) is 0 Å². The fourth-order valence-electron chi connectivity index (χ4n) is 6.25. The number of anilines is 1. The fraction of sp³-hybridized carbons (Fsp3) is 0.464. The molecule has 3 aromatic rings. The second-order valence-electron chi connectivity index (χ2n) is 10.6. The minimum Gasteiger partial charge on any atom is -0.497 e. The Morgan fingerprint density at radius 2 is 2.03 bits per heavy atom. The van der Waals surface area contributed by atoms with Crippen LogP contribution in [0.5, 0.6) is 5.75 Å². The minimum absolute atomic E-state index is 0.0566. The van der Waals surface area contributed by atoms with Crippen molar-refractivity contribution < 1.29 is 19.0 Å². The maximum atomic E-state index is 13.6. The van der Waals surface area contributed by atoms with Gasteiger partial charge in [0.1, 0.15) is 11.6 Å². The molecule has 1 spiro atoms. The molecule has 0 radical (unpaired) electrons. The highest BCUT2D eigenvalue weighted by molar-refractivity contribution is 5.90. The lowest BCUT2D eigenvalue weighted by Crippen LogP contribution is -2.55. The van der Waals surface area contributed by atoms with Gasteiger partial charge in [-0.2, -0.15) is 0 Å². The summed E-state index contributed by atoms with van der Waals surface area (Å²) in [6, 6.07) is 11.9. The van der Waals surface area contributed by atoms with E-state index in [0.29, 0.717) is 24.7 Å². The Bertz CT molecular complexity index is 1280. The van der Waals surface area contributed by atoms with Crippen LogP contribution >= 0.6 is 0 Å². The summed E-state index contributed by atoms with van der Waals surface area (Å²) >= 11 is 0. The van der Waals surface area contributed by atoms with Crippen LogP contribution in [0.15, 0.2) is 42.5 Å². The molecule has 7 nitrogen and oxygen atoms in total. The van der Waals surface area contributed by atoms with Crippen LogP contribution in [-0.2, 0) is 5.41 Å². The summed E-state index contributed by atoms with van der Waals surface area (Å²) in [6.45, 7) is 3.17. The molecule has 0 bridgehead atoms. The van der Waals surface area contributed by atoms with Crippen molar-refractivity contribution in [2.75, 3.05) is 45.2 Å². The highest BCUT2D eigenvalue weighted by Gasteiger charge is 2.48. The Morgan fingerprint density at radius 3 is 2.72 bits per heavy atom. The minimum atomic E-state index is -0.370. The van der Waals surface area contributed by atoms with Crippen molar-refractivity contribution >= 4 is 22.6 Å². The van der Waals surface area contributed by atoms with Gasteiger partial charge < -0.3 is 25.0 Å². The second kappa shape index (κ2) is 9.09. The number of H-pyrrole nitrogens is 1. The highest BCUT2D eigenvalue weighted by atomic mass is 19.1. The molecule has 2 amide bonds. The van der Waals surface area contributed by atoms with Crippen LogP contribution in [0.2, 0.25) is 0 Å². The van der Waals surface area contributed by atoms with Gasteiger partial charge in [-0.3, -0.25) is 4.90 Å². The first kappa shape index (κ1) is 23.3. The first-order valence-corrected chi connectivity index (χ1v) is 12.9. The number of ether oxygens (including phenoxy) is 1. The SMILES string of the molecule is COc1ccc2c3c([nH]c2c1)[C@@H](CO)N(CC1CC1)CC31CCN(C(=O)Nc2cccc(F)c2)CC1. The summed E-state index contributed by atoms with van der Waals surface area (Å²) in [7, 11) is 1.67. The lowest BCUT2D eigenvalue weighted by atomic mass is 9.68. The summed E-state index contributed by atoms with van der Waals surface area (Å²) in [5.41, 5.74) is 3.77. The van der Waals surface area contributed by atoms with Gasteiger partial charge in [0.15, 0.2) is 0 Å². The molecule has 2 fully saturated rings. The van der Waals surface area contributed by atoms with Crippen molar-refractivity contribution in [1.29, 1.82) is 0 Å². The van der Waals surface area contributed by atoms with Crippen LogP contribution in [0.1, 0.15) is 43.0 Å². The molecule has 36 heavy (non-hydrogen) atoms. The van der Waals surface area contributed by atoms with E-state index in [0.717, 1.165) is 42.9 Å². The smallest absolute Gasteiger partial charge is 0.321 e. The Morgan fingerprint density at radius 1 is 1.22 bits per heavy atom. The zero-order chi connectivity index (χ0) is 24.9. The molecule has 2 aliphatic heterocycles. The molecular weight excluding hydrogens is 459 g/mol. The summed E-state index contributed by atoms with van der Waals surface area (Å²) in [5, 5.41) is 14.5. The van der Waals surface area contributed by atoms with E-state index in [4.69, 9.17) is 4.74 Å². The quantitative estimate of drug-likeness (QED) is 0.485. The van der Waals surface area contributed by atoms with E-state index in [1.54, 1.807) is 19.2 Å². The van der Waals surface area contributed by atoms with Gasteiger partial charge in [-0.05, 0) is 67.5 Å². The number of carbonyl (C=O) groups excluding carboxylic acids is 1. The van der Waals surface area contributed by atoms with E-state index >= 15 is 0 Å². The number of rotatable bonds is 5. The van der Waals surface area contributed by atoms with Gasteiger partial charge in [0.05, 0.1) is 19.8 Å². The van der Waals surface area contributed by atoms with Gasteiger partial charge in [-0.15, -0.1) is 0 Å².